The van der Waals surface area contributed by atoms with Crippen molar-refractivity contribution in [1.29, 1.82) is 0 Å². The van der Waals surface area contributed by atoms with Crippen molar-refractivity contribution in [2.45, 2.75) is 6.54 Å². The Morgan fingerprint density at radius 2 is 1.93 bits per heavy atom. The standard InChI is InChI=1S/C21H15ClFN3O2/c22-15-2-1-14-10-19(26-18(14)11-15)21(27)25-12-13-7-8-24-20(9-13)28-17-5-3-16(23)4-6-17/h1-11,26H,12H2,(H,25,27). The molecule has 0 spiro atoms. The van der Waals surface area contributed by atoms with Crippen LogP contribution in [0.1, 0.15) is 16.1 Å². The van der Waals surface area contributed by atoms with E-state index in [0.29, 0.717) is 28.9 Å². The lowest BCUT2D eigenvalue weighted by Crippen LogP contribution is -2.23. The maximum atomic E-state index is 13.0. The first-order valence-electron chi connectivity index (χ1n) is 8.52. The van der Waals surface area contributed by atoms with E-state index in [-0.39, 0.29) is 11.7 Å². The molecule has 4 rings (SSSR count). The van der Waals surface area contributed by atoms with E-state index in [1.807, 2.05) is 6.07 Å². The Balaban J connectivity index is 1.42. The maximum Gasteiger partial charge on any atom is 0.267 e. The number of pyridine rings is 1. The second-order valence-corrected chi connectivity index (χ2v) is 6.59. The van der Waals surface area contributed by atoms with Crippen molar-refractivity contribution in [1.82, 2.24) is 15.3 Å². The number of ether oxygens (including phenoxy) is 1. The van der Waals surface area contributed by atoms with Gasteiger partial charge in [0.25, 0.3) is 5.91 Å². The largest absolute Gasteiger partial charge is 0.439 e. The molecule has 28 heavy (non-hydrogen) atoms. The fraction of sp³-hybridized carbons (Fsp3) is 0.0476. The molecule has 0 unspecified atom stereocenters. The summed E-state index contributed by atoms with van der Waals surface area (Å²) in [6, 6.07) is 16.3. The fourth-order valence-corrected chi connectivity index (χ4v) is 2.91. The highest BCUT2D eigenvalue weighted by Gasteiger charge is 2.10. The molecule has 2 heterocycles. The Morgan fingerprint density at radius 1 is 1.11 bits per heavy atom. The molecule has 0 radical (unpaired) electrons. The van der Waals surface area contributed by atoms with Crippen molar-refractivity contribution in [3.63, 3.8) is 0 Å². The van der Waals surface area contributed by atoms with Crippen LogP contribution in [0.15, 0.2) is 66.9 Å². The van der Waals surface area contributed by atoms with Gasteiger partial charge in [-0.2, -0.15) is 0 Å². The highest BCUT2D eigenvalue weighted by Crippen LogP contribution is 2.21. The summed E-state index contributed by atoms with van der Waals surface area (Å²) in [6.07, 6.45) is 1.59. The number of benzene rings is 2. The monoisotopic (exact) mass is 395 g/mol. The van der Waals surface area contributed by atoms with Gasteiger partial charge in [0, 0.05) is 34.7 Å². The van der Waals surface area contributed by atoms with Crippen LogP contribution in [-0.4, -0.2) is 15.9 Å². The molecule has 140 valence electrons. The highest BCUT2D eigenvalue weighted by atomic mass is 35.5. The second-order valence-electron chi connectivity index (χ2n) is 6.16. The zero-order valence-electron chi connectivity index (χ0n) is 14.6. The van der Waals surface area contributed by atoms with E-state index in [4.69, 9.17) is 16.3 Å². The first-order valence-corrected chi connectivity index (χ1v) is 8.89. The Labute approximate surface area is 165 Å². The molecule has 0 aliphatic heterocycles. The van der Waals surface area contributed by atoms with Gasteiger partial charge in [-0.3, -0.25) is 4.79 Å². The number of aromatic nitrogens is 2. The number of fused-ring (bicyclic) bond motifs is 1. The van der Waals surface area contributed by atoms with Crippen molar-refractivity contribution in [2.75, 3.05) is 0 Å². The molecule has 0 atom stereocenters. The summed E-state index contributed by atoms with van der Waals surface area (Å²) in [5.74, 6) is 0.270. The molecule has 2 aromatic heterocycles. The van der Waals surface area contributed by atoms with Gasteiger partial charge in [-0.1, -0.05) is 17.7 Å². The fourth-order valence-electron chi connectivity index (χ4n) is 2.74. The van der Waals surface area contributed by atoms with Gasteiger partial charge in [0.2, 0.25) is 5.88 Å². The van der Waals surface area contributed by atoms with Gasteiger partial charge in [0.05, 0.1) is 0 Å². The lowest BCUT2D eigenvalue weighted by Gasteiger charge is -2.07. The van der Waals surface area contributed by atoms with E-state index in [0.717, 1.165) is 16.5 Å². The first-order chi connectivity index (χ1) is 13.6. The Kier molecular flexibility index (Phi) is 4.95. The number of carbonyl (C=O) groups is 1. The molecular weight excluding hydrogens is 381 g/mol. The molecule has 0 saturated carbocycles. The van der Waals surface area contributed by atoms with Crippen LogP contribution in [0, 0.1) is 5.82 Å². The summed E-state index contributed by atoms with van der Waals surface area (Å²) in [6.45, 7) is 0.303. The third-order valence-electron chi connectivity index (χ3n) is 4.12. The average molecular weight is 396 g/mol. The number of nitrogens with one attached hydrogen (secondary N) is 2. The molecule has 7 heteroatoms. The van der Waals surface area contributed by atoms with E-state index in [2.05, 4.69) is 15.3 Å². The normalized spacial score (nSPS) is 10.8. The quantitative estimate of drug-likeness (QED) is 0.495. The van der Waals surface area contributed by atoms with Gasteiger partial charge in [-0.25, -0.2) is 9.37 Å². The van der Waals surface area contributed by atoms with Gasteiger partial charge in [0.15, 0.2) is 0 Å². The third kappa shape index (κ3) is 4.13. The van der Waals surface area contributed by atoms with Crippen LogP contribution < -0.4 is 10.1 Å². The molecule has 1 amide bonds. The van der Waals surface area contributed by atoms with E-state index in [9.17, 15) is 9.18 Å². The number of H-pyrrole nitrogens is 1. The molecule has 0 aliphatic rings. The van der Waals surface area contributed by atoms with E-state index < -0.39 is 0 Å². The van der Waals surface area contributed by atoms with Gasteiger partial charge >= 0.3 is 0 Å². The second kappa shape index (κ2) is 7.70. The third-order valence-corrected chi connectivity index (χ3v) is 4.35. The van der Waals surface area contributed by atoms with E-state index in [1.165, 1.54) is 24.3 Å². The molecule has 5 nitrogen and oxygen atoms in total. The Morgan fingerprint density at radius 3 is 2.75 bits per heavy atom. The highest BCUT2D eigenvalue weighted by molar-refractivity contribution is 6.31. The summed E-state index contributed by atoms with van der Waals surface area (Å²) in [5.41, 5.74) is 2.07. The summed E-state index contributed by atoms with van der Waals surface area (Å²) in [5, 5.41) is 4.37. The molecule has 0 saturated heterocycles. The number of carbonyl (C=O) groups excluding carboxylic acids is 1. The molecule has 0 bridgehead atoms. The van der Waals surface area contributed by atoms with Gasteiger partial charge in [0.1, 0.15) is 17.3 Å². The van der Waals surface area contributed by atoms with Crippen LogP contribution >= 0.6 is 11.6 Å². The average Bonchev–Trinajstić information content (AvgIpc) is 3.11. The van der Waals surface area contributed by atoms with Crippen LogP contribution in [0.25, 0.3) is 10.9 Å². The lowest BCUT2D eigenvalue weighted by molar-refractivity contribution is 0.0946. The summed E-state index contributed by atoms with van der Waals surface area (Å²) < 4.78 is 18.6. The first kappa shape index (κ1) is 18.0. The Hall–Kier alpha value is -3.38. The number of nitrogens with zero attached hydrogens (tertiary/aromatic N) is 1. The molecule has 0 fully saturated rings. The van der Waals surface area contributed by atoms with Gasteiger partial charge in [-0.15, -0.1) is 0 Å². The van der Waals surface area contributed by atoms with Crippen molar-refractivity contribution in [3.05, 3.63) is 89.0 Å². The molecule has 2 aromatic carbocycles. The smallest absolute Gasteiger partial charge is 0.267 e. The number of aromatic amines is 1. The topological polar surface area (TPSA) is 67.0 Å². The van der Waals surface area contributed by atoms with E-state index >= 15 is 0 Å². The molecular formula is C21H15ClFN3O2. The van der Waals surface area contributed by atoms with Crippen molar-refractivity contribution < 1.29 is 13.9 Å². The van der Waals surface area contributed by atoms with Crippen molar-refractivity contribution in [2.24, 2.45) is 0 Å². The minimum absolute atomic E-state index is 0.231. The van der Waals surface area contributed by atoms with Gasteiger partial charge in [-0.05, 0) is 54.1 Å². The van der Waals surface area contributed by atoms with E-state index in [1.54, 1.807) is 36.5 Å². The maximum absolute atomic E-state index is 13.0. The minimum Gasteiger partial charge on any atom is -0.439 e. The van der Waals surface area contributed by atoms with Gasteiger partial charge < -0.3 is 15.0 Å². The van der Waals surface area contributed by atoms with Crippen LogP contribution in [0.5, 0.6) is 11.6 Å². The van der Waals surface area contributed by atoms with Crippen LogP contribution in [0.2, 0.25) is 5.02 Å². The number of halogens is 2. The zero-order chi connectivity index (χ0) is 19.5. The number of hydrogen-bond acceptors (Lipinski definition) is 3. The Bertz CT molecular complexity index is 1140. The number of rotatable bonds is 5. The van der Waals surface area contributed by atoms with Crippen LogP contribution in [0.4, 0.5) is 4.39 Å². The number of amides is 1. The lowest BCUT2D eigenvalue weighted by atomic mass is 10.2. The summed E-state index contributed by atoms with van der Waals surface area (Å²) in [7, 11) is 0. The van der Waals surface area contributed by atoms with Crippen LogP contribution in [0.3, 0.4) is 0 Å². The van der Waals surface area contributed by atoms with Crippen molar-refractivity contribution >= 4 is 28.4 Å². The molecule has 0 aliphatic carbocycles. The predicted octanol–water partition coefficient (Wildman–Crippen LogP) is 5.08. The minimum atomic E-state index is -0.337. The molecule has 2 N–H and O–H groups in total. The molecule has 4 aromatic rings. The van der Waals surface area contributed by atoms with Crippen molar-refractivity contribution in [3.8, 4) is 11.6 Å². The summed E-state index contributed by atoms with van der Waals surface area (Å²) in [4.78, 5) is 19.6. The zero-order valence-corrected chi connectivity index (χ0v) is 15.3. The number of hydrogen-bond donors (Lipinski definition) is 2. The van der Waals surface area contributed by atoms with Crippen LogP contribution in [-0.2, 0) is 6.54 Å². The predicted molar refractivity (Wildman–Crippen MR) is 105 cm³/mol. The SMILES string of the molecule is O=C(NCc1ccnc(Oc2ccc(F)cc2)c1)c1cc2ccc(Cl)cc2[nH]1. The summed E-state index contributed by atoms with van der Waals surface area (Å²) >= 11 is 5.97.